The van der Waals surface area contributed by atoms with Gasteiger partial charge in [0.05, 0.1) is 18.1 Å². The molecule has 1 aromatic rings. The van der Waals surface area contributed by atoms with Crippen LogP contribution in [0, 0.1) is 11.7 Å². The molecule has 0 spiro atoms. The van der Waals surface area contributed by atoms with Gasteiger partial charge < -0.3 is 10.2 Å². The minimum absolute atomic E-state index is 0.255. The van der Waals surface area contributed by atoms with Crippen molar-refractivity contribution in [3.8, 4) is 0 Å². The molecule has 0 aliphatic carbocycles. The summed E-state index contributed by atoms with van der Waals surface area (Å²) in [5.41, 5.74) is 0.904. The van der Waals surface area contributed by atoms with Crippen molar-refractivity contribution in [3.05, 3.63) is 24.3 Å². The average molecular weight is 193 g/mol. The predicted molar refractivity (Wildman–Crippen MR) is 51.7 cm³/mol. The SMILES string of the molecule is Fc1cncc(N2C[C@@H]3CN[C@@H]3C2)c1. The van der Waals surface area contributed by atoms with Gasteiger partial charge in [-0.25, -0.2) is 4.39 Å². The van der Waals surface area contributed by atoms with Crippen molar-refractivity contribution >= 4 is 5.69 Å². The van der Waals surface area contributed by atoms with Crippen LogP contribution >= 0.6 is 0 Å². The molecule has 3 rings (SSSR count). The van der Waals surface area contributed by atoms with E-state index >= 15 is 0 Å². The molecule has 0 radical (unpaired) electrons. The smallest absolute Gasteiger partial charge is 0.143 e. The summed E-state index contributed by atoms with van der Waals surface area (Å²) in [7, 11) is 0. The number of hydrogen-bond donors (Lipinski definition) is 1. The normalized spacial score (nSPS) is 29.9. The van der Waals surface area contributed by atoms with Crippen LogP contribution in [0.15, 0.2) is 18.5 Å². The molecule has 3 nitrogen and oxygen atoms in total. The van der Waals surface area contributed by atoms with Gasteiger partial charge in [0.25, 0.3) is 0 Å². The van der Waals surface area contributed by atoms with Crippen molar-refractivity contribution in [2.75, 3.05) is 24.5 Å². The number of nitrogens with one attached hydrogen (secondary N) is 1. The molecule has 0 bridgehead atoms. The number of fused-ring (bicyclic) bond motifs is 1. The fourth-order valence-electron chi connectivity index (χ4n) is 2.24. The van der Waals surface area contributed by atoms with Gasteiger partial charge in [-0.1, -0.05) is 0 Å². The number of anilines is 1. The minimum atomic E-state index is -0.255. The van der Waals surface area contributed by atoms with Crippen LogP contribution in [-0.4, -0.2) is 30.7 Å². The Morgan fingerprint density at radius 2 is 2.36 bits per heavy atom. The molecule has 14 heavy (non-hydrogen) atoms. The van der Waals surface area contributed by atoms with E-state index in [-0.39, 0.29) is 5.82 Å². The van der Waals surface area contributed by atoms with Crippen LogP contribution in [0.25, 0.3) is 0 Å². The van der Waals surface area contributed by atoms with Crippen molar-refractivity contribution in [3.63, 3.8) is 0 Å². The number of aromatic nitrogens is 1. The Morgan fingerprint density at radius 1 is 1.43 bits per heavy atom. The highest BCUT2D eigenvalue weighted by Gasteiger charge is 2.39. The van der Waals surface area contributed by atoms with Gasteiger partial charge in [0.15, 0.2) is 0 Å². The summed E-state index contributed by atoms with van der Waals surface area (Å²) >= 11 is 0. The number of hydrogen-bond acceptors (Lipinski definition) is 3. The van der Waals surface area contributed by atoms with Crippen LogP contribution in [0.1, 0.15) is 0 Å². The third-order valence-corrected chi connectivity index (χ3v) is 3.14. The van der Waals surface area contributed by atoms with Gasteiger partial charge in [0, 0.05) is 37.7 Å². The first-order valence-corrected chi connectivity index (χ1v) is 4.92. The Kier molecular flexibility index (Phi) is 1.70. The molecule has 2 aliphatic heterocycles. The summed E-state index contributed by atoms with van der Waals surface area (Å²) in [6.45, 7) is 3.11. The summed E-state index contributed by atoms with van der Waals surface area (Å²) in [6.07, 6.45) is 2.97. The maximum absolute atomic E-state index is 12.9. The van der Waals surface area contributed by atoms with Gasteiger partial charge in [-0.3, -0.25) is 4.98 Å². The van der Waals surface area contributed by atoms with Crippen molar-refractivity contribution in [2.24, 2.45) is 5.92 Å². The highest BCUT2D eigenvalue weighted by molar-refractivity contribution is 5.46. The van der Waals surface area contributed by atoms with E-state index in [1.165, 1.54) is 6.20 Å². The van der Waals surface area contributed by atoms with E-state index in [2.05, 4.69) is 15.2 Å². The first kappa shape index (κ1) is 8.17. The minimum Gasteiger partial charge on any atom is -0.368 e. The van der Waals surface area contributed by atoms with E-state index in [9.17, 15) is 4.39 Å². The molecule has 0 aromatic carbocycles. The Bertz CT molecular complexity index is 343. The quantitative estimate of drug-likeness (QED) is 0.709. The maximum atomic E-state index is 12.9. The highest BCUT2D eigenvalue weighted by atomic mass is 19.1. The van der Waals surface area contributed by atoms with E-state index in [0.29, 0.717) is 6.04 Å². The van der Waals surface area contributed by atoms with Gasteiger partial charge in [-0.15, -0.1) is 0 Å². The molecule has 0 amide bonds. The van der Waals surface area contributed by atoms with Crippen LogP contribution < -0.4 is 10.2 Å². The number of nitrogens with zero attached hydrogens (tertiary/aromatic N) is 2. The van der Waals surface area contributed by atoms with E-state index in [0.717, 1.165) is 31.2 Å². The van der Waals surface area contributed by atoms with Crippen molar-refractivity contribution < 1.29 is 4.39 Å². The van der Waals surface area contributed by atoms with E-state index < -0.39 is 0 Å². The lowest BCUT2D eigenvalue weighted by molar-refractivity contribution is 0.297. The Labute approximate surface area is 81.9 Å². The van der Waals surface area contributed by atoms with Gasteiger partial charge >= 0.3 is 0 Å². The Balaban J connectivity index is 1.82. The molecular formula is C10H12FN3. The van der Waals surface area contributed by atoms with Crippen molar-refractivity contribution in [1.29, 1.82) is 0 Å². The summed E-state index contributed by atoms with van der Waals surface area (Å²) in [5.74, 6) is 0.493. The first-order valence-electron chi connectivity index (χ1n) is 4.92. The summed E-state index contributed by atoms with van der Waals surface area (Å²) in [6, 6.07) is 2.16. The fraction of sp³-hybridized carbons (Fsp3) is 0.500. The average Bonchev–Trinajstić information content (AvgIpc) is 2.43. The van der Waals surface area contributed by atoms with Gasteiger partial charge in [-0.2, -0.15) is 0 Å². The zero-order valence-corrected chi connectivity index (χ0v) is 7.78. The molecule has 2 saturated heterocycles. The molecule has 4 heteroatoms. The standard InChI is InChI=1S/C10H12FN3/c11-8-1-9(4-12-3-8)14-5-7-2-13-10(7)6-14/h1,3-4,7,10,13H,2,5-6H2/t7-,10+/m0/s1. The van der Waals surface area contributed by atoms with Gasteiger partial charge in [-0.05, 0) is 0 Å². The zero-order chi connectivity index (χ0) is 9.54. The fourth-order valence-corrected chi connectivity index (χ4v) is 2.24. The molecular weight excluding hydrogens is 181 g/mol. The molecule has 2 atom stereocenters. The lowest BCUT2D eigenvalue weighted by Crippen LogP contribution is -2.51. The van der Waals surface area contributed by atoms with Gasteiger partial charge in [0.1, 0.15) is 5.82 Å². The zero-order valence-electron chi connectivity index (χ0n) is 7.78. The van der Waals surface area contributed by atoms with Crippen molar-refractivity contribution in [2.45, 2.75) is 6.04 Å². The van der Waals surface area contributed by atoms with Crippen LogP contribution in [0.3, 0.4) is 0 Å². The Hall–Kier alpha value is -1.16. The molecule has 1 N–H and O–H groups in total. The first-order chi connectivity index (χ1) is 6.83. The number of pyridine rings is 1. The predicted octanol–water partition coefficient (Wildman–Crippen LogP) is 0.629. The van der Waals surface area contributed by atoms with Crippen LogP contribution in [-0.2, 0) is 0 Å². The molecule has 0 unspecified atom stereocenters. The third kappa shape index (κ3) is 1.18. The molecule has 2 aliphatic rings. The Morgan fingerprint density at radius 3 is 2.93 bits per heavy atom. The molecule has 0 saturated carbocycles. The van der Waals surface area contributed by atoms with E-state index in [1.807, 2.05) is 0 Å². The molecule has 3 heterocycles. The molecule has 74 valence electrons. The summed E-state index contributed by atoms with van der Waals surface area (Å²) < 4.78 is 12.9. The van der Waals surface area contributed by atoms with Gasteiger partial charge in [0.2, 0.25) is 0 Å². The summed E-state index contributed by atoms with van der Waals surface area (Å²) in [5, 5.41) is 3.37. The largest absolute Gasteiger partial charge is 0.368 e. The lowest BCUT2D eigenvalue weighted by atomic mass is 9.96. The second-order valence-electron chi connectivity index (χ2n) is 4.04. The second-order valence-corrected chi connectivity index (χ2v) is 4.04. The molecule has 2 fully saturated rings. The van der Waals surface area contributed by atoms with Crippen LogP contribution in [0.4, 0.5) is 10.1 Å². The summed E-state index contributed by atoms with van der Waals surface area (Å²) in [4.78, 5) is 6.06. The lowest BCUT2D eigenvalue weighted by Gasteiger charge is -2.29. The number of rotatable bonds is 1. The highest BCUT2D eigenvalue weighted by Crippen LogP contribution is 2.27. The van der Waals surface area contributed by atoms with E-state index in [1.54, 1.807) is 12.3 Å². The monoisotopic (exact) mass is 193 g/mol. The molecule has 1 aromatic heterocycles. The van der Waals surface area contributed by atoms with E-state index in [4.69, 9.17) is 0 Å². The van der Waals surface area contributed by atoms with Crippen LogP contribution in [0.5, 0.6) is 0 Å². The van der Waals surface area contributed by atoms with Crippen LogP contribution in [0.2, 0.25) is 0 Å². The number of halogens is 1. The second kappa shape index (κ2) is 2.92. The third-order valence-electron chi connectivity index (χ3n) is 3.14. The van der Waals surface area contributed by atoms with Crippen molar-refractivity contribution in [1.82, 2.24) is 10.3 Å². The maximum Gasteiger partial charge on any atom is 0.143 e. The topological polar surface area (TPSA) is 28.2 Å².